The smallest absolute Gasteiger partial charge is 0.422 e. The van der Waals surface area contributed by atoms with Crippen LogP contribution in [0.5, 0.6) is 5.75 Å². The molecule has 0 spiro atoms. The van der Waals surface area contributed by atoms with Crippen molar-refractivity contribution in [2.24, 2.45) is 23.2 Å². The summed E-state index contributed by atoms with van der Waals surface area (Å²) in [4.78, 5) is 21.3. The number of para-hydroxylation sites is 1. The quantitative estimate of drug-likeness (QED) is 0.326. The molecule has 1 unspecified atom stereocenters. The molecule has 5 atom stereocenters. The average molecular weight is 587 g/mol. The third-order valence-electron chi connectivity index (χ3n) is 8.42. The van der Waals surface area contributed by atoms with Gasteiger partial charge in [0.05, 0.1) is 6.20 Å². The van der Waals surface area contributed by atoms with Crippen LogP contribution in [-0.2, 0) is 11.3 Å². The lowest BCUT2D eigenvalue weighted by molar-refractivity contribution is -0.153. The van der Waals surface area contributed by atoms with Crippen LogP contribution in [0.3, 0.4) is 0 Å². The molecular formula is C30H37F3N6O3. The van der Waals surface area contributed by atoms with Crippen molar-refractivity contribution in [1.29, 1.82) is 5.26 Å². The number of hydrogen-bond donors (Lipinski definition) is 3. The predicted molar refractivity (Wildman–Crippen MR) is 150 cm³/mol. The molecular weight excluding hydrogens is 549 g/mol. The van der Waals surface area contributed by atoms with E-state index in [2.05, 4.69) is 32.0 Å². The first-order valence-electron chi connectivity index (χ1n) is 14.3. The lowest BCUT2D eigenvalue weighted by Crippen LogP contribution is -2.60. The highest BCUT2D eigenvalue weighted by Crippen LogP contribution is 2.60. The van der Waals surface area contributed by atoms with E-state index in [-0.39, 0.29) is 35.8 Å². The first kappa shape index (κ1) is 29.7. The van der Waals surface area contributed by atoms with E-state index in [4.69, 9.17) is 9.47 Å². The first-order chi connectivity index (χ1) is 19.8. The van der Waals surface area contributed by atoms with Gasteiger partial charge in [0.2, 0.25) is 5.95 Å². The molecule has 0 aliphatic heterocycles. The van der Waals surface area contributed by atoms with Gasteiger partial charge in [0, 0.05) is 24.7 Å². The summed E-state index contributed by atoms with van der Waals surface area (Å²) < 4.78 is 48.5. The lowest BCUT2D eigenvalue weighted by Gasteiger charge is -2.60. The van der Waals surface area contributed by atoms with E-state index in [0.29, 0.717) is 41.2 Å². The van der Waals surface area contributed by atoms with E-state index < -0.39 is 18.4 Å². The minimum absolute atomic E-state index is 0.0443. The summed E-state index contributed by atoms with van der Waals surface area (Å²) in [5.74, 6) is 2.14. The van der Waals surface area contributed by atoms with Gasteiger partial charge in [-0.05, 0) is 82.1 Å². The van der Waals surface area contributed by atoms with Crippen LogP contribution in [0.25, 0.3) is 0 Å². The van der Waals surface area contributed by atoms with E-state index in [1.165, 1.54) is 12.3 Å². The standard InChI is InChI=1S/C30H37F3N6O3/c1-28(2,3)42-27(40)38-24-20-8-18-9-21(24)12-29(10-18,11-20)16-37-25-22(13-34)15-36-26(39-25)35-14-19-6-4-5-7-23(19)41-17-30(31,32)33/h4-7,15,18,20-21,24H,8-12,14,16-17H2,1-3H3,(H,38,40)(H2,35,36,37,39)/t18?,20-,21+,24-,29+. The zero-order chi connectivity index (χ0) is 30.1. The molecule has 4 saturated carbocycles. The first-order valence-corrected chi connectivity index (χ1v) is 14.3. The van der Waals surface area contributed by atoms with E-state index in [0.717, 1.165) is 32.1 Å². The van der Waals surface area contributed by atoms with Crippen molar-refractivity contribution >= 4 is 17.9 Å². The summed E-state index contributed by atoms with van der Waals surface area (Å²) >= 11 is 0. The molecule has 4 fully saturated rings. The maximum Gasteiger partial charge on any atom is 0.422 e. The van der Waals surface area contributed by atoms with Gasteiger partial charge in [-0.2, -0.15) is 23.4 Å². The van der Waals surface area contributed by atoms with E-state index in [1.807, 2.05) is 20.8 Å². The van der Waals surface area contributed by atoms with Gasteiger partial charge in [-0.3, -0.25) is 0 Å². The number of amides is 1. The van der Waals surface area contributed by atoms with Gasteiger partial charge in [-0.15, -0.1) is 0 Å². The third kappa shape index (κ3) is 7.17. The fraction of sp³-hybridized carbons (Fsp3) is 0.600. The molecule has 2 aromatic rings. The van der Waals surface area contributed by atoms with E-state index in [1.54, 1.807) is 18.2 Å². The number of aromatic nitrogens is 2. The second-order valence-corrected chi connectivity index (χ2v) is 12.9. The van der Waals surface area contributed by atoms with Crippen LogP contribution in [0.2, 0.25) is 0 Å². The maximum absolute atomic E-state index is 12.7. The largest absolute Gasteiger partial charge is 0.484 e. The molecule has 0 radical (unpaired) electrons. The zero-order valence-corrected chi connectivity index (χ0v) is 24.1. The summed E-state index contributed by atoms with van der Waals surface area (Å²) in [7, 11) is 0. The SMILES string of the molecule is CC(C)(C)OC(=O)N[C@@H]1[C@@H]2CC3C[C@H]1C[C@](CNc1nc(NCc4ccccc4OCC(F)(F)F)ncc1C#N)(C3)C2. The summed E-state index contributed by atoms with van der Waals surface area (Å²) in [6.45, 7) is 4.99. The molecule has 226 valence electrons. The molecule has 4 aliphatic rings. The summed E-state index contributed by atoms with van der Waals surface area (Å²) in [5, 5.41) is 19.3. The second-order valence-electron chi connectivity index (χ2n) is 12.9. The third-order valence-corrected chi connectivity index (χ3v) is 8.42. The fourth-order valence-corrected chi connectivity index (χ4v) is 7.17. The lowest BCUT2D eigenvalue weighted by atomic mass is 9.48. The molecule has 4 bridgehead atoms. The van der Waals surface area contributed by atoms with Gasteiger partial charge in [-0.25, -0.2) is 9.78 Å². The van der Waals surface area contributed by atoms with Crippen LogP contribution >= 0.6 is 0 Å². The van der Waals surface area contributed by atoms with Gasteiger partial charge in [-0.1, -0.05) is 18.2 Å². The molecule has 1 amide bonds. The van der Waals surface area contributed by atoms with Crippen molar-refractivity contribution in [3.05, 3.63) is 41.6 Å². The molecule has 1 aromatic carbocycles. The maximum atomic E-state index is 12.7. The topological polar surface area (TPSA) is 121 Å². The number of anilines is 2. The van der Waals surface area contributed by atoms with Gasteiger partial charge < -0.3 is 25.4 Å². The molecule has 0 saturated heterocycles. The number of benzene rings is 1. The van der Waals surface area contributed by atoms with Crippen LogP contribution in [0.4, 0.5) is 29.7 Å². The monoisotopic (exact) mass is 586 g/mol. The van der Waals surface area contributed by atoms with Gasteiger partial charge in [0.25, 0.3) is 0 Å². The van der Waals surface area contributed by atoms with E-state index >= 15 is 0 Å². The molecule has 9 nitrogen and oxygen atoms in total. The molecule has 6 rings (SSSR count). The van der Waals surface area contributed by atoms with Crippen molar-refractivity contribution in [2.45, 2.75) is 77.2 Å². The van der Waals surface area contributed by atoms with Crippen LogP contribution < -0.4 is 20.7 Å². The van der Waals surface area contributed by atoms with Crippen LogP contribution in [0, 0.1) is 34.5 Å². The Bertz CT molecular complexity index is 1320. The highest BCUT2D eigenvalue weighted by Gasteiger charge is 2.55. The predicted octanol–water partition coefficient (Wildman–Crippen LogP) is 6.03. The fourth-order valence-electron chi connectivity index (χ4n) is 7.17. The molecule has 4 aliphatic carbocycles. The number of carbonyl (C=O) groups is 1. The molecule has 1 aromatic heterocycles. The van der Waals surface area contributed by atoms with Crippen molar-refractivity contribution in [3.63, 3.8) is 0 Å². The Kier molecular flexibility index (Phi) is 8.14. The summed E-state index contributed by atoms with van der Waals surface area (Å²) in [6, 6.07) is 8.71. The number of nitrogens with zero attached hydrogens (tertiary/aromatic N) is 3. The van der Waals surface area contributed by atoms with Crippen molar-refractivity contribution in [2.75, 3.05) is 23.8 Å². The number of alkyl halides is 3. The van der Waals surface area contributed by atoms with Crippen molar-refractivity contribution in [3.8, 4) is 11.8 Å². The highest BCUT2D eigenvalue weighted by atomic mass is 19.4. The van der Waals surface area contributed by atoms with Gasteiger partial charge in [0.15, 0.2) is 6.61 Å². The van der Waals surface area contributed by atoms with Crippen LogP contribution in [-0.4, -0.2) is 47.0 Å². The molecule has 12 heteroatoms. The second kappa shape index (κ2) is 11.5. The van der Waals surface area contributed by atoms with Crippen LogP contribution in [0.15, 0.2) is 30.5 Å². The Balaban J connectivity index is 1.22. The number of nitriles is 1. The Hall–Kier alpha value is -3.75. The zero-order valence-electron chi connectivity index (χ0n) is 24.1. The average Bonchev–Trinajstić information content (AvgIpc) is 2.90. The highest BCUT2D eigenvalue weighted by molar-refractivity contribution is 5.68. The summed E-state index contributed by atoms with van der Waals surface area (Å²) in [6.07, 6.45) is 1.87. The van der Waals surface area contributed by atoms with Crippen molar-refractivity contribution in [1.82, 2.24) is 15.3 Å². The Morgan fingerprint density at radius 2 is 1.83 bits per heavy atom. The number of carbonyl (C=O) groups excluding carboxylic acids is 1. The minimum atomic E-state index is -4.44. The van der Waals surface area contributed by atoms with Crippen LogP contribution in [0.1, 0.15) is 64.0 Å². The number of nitrogens with one attached hydrogen (secondary N) is 3. The van der Waals surface area contributed by atoms with Crippen molar-refractivity contribution < 1.29 is 27.4 Å². The van der Waals surface area contributed by atoms with Gasteiger partial charge in [0.1, 0.15) is 28.8 Å². The summed E-state index contributed by atoms with van der Waals surface area (Å²) in [5.41, 5.74) is 0.327. The minimum Gasteiger partial charge on any atom is -0.484 e. The number of hydrogen-bond acceptors (Lipinski definition) is 8. The number of alkyl carbamates (subject to hydrolysis) is 1. The molecule has 1 heterocycles. The normalized spacial score (nSPS) is 26.3. The van der Waals surface area contributed by atoms with Gasteiger partial charge >= 0.3 is 12.3 Å². The number of rotatable bonds is 9. The number of ether oxygens (including phenoxy) is 2. The number of halogens is 3. The Morgan fingerprint density at radius 1 is 1.12 bits per heavy atom. The van der Waals surface area contributed by atoms with E-state index in [9.17, 15) is 23.2 Å². The Labute approximate surface area is 243 Å². The Morgan fingerprint density at radius 3 is 2.50 bits per heavy atom. The molecule has 42 heavy (non-hydrogen) atoms. The molecule has 3 N–H and O–H groups in total.